The van der Waals surface area contributed by atoms with Gasteiger partial charge in [-0.15, -0.1) is 10.2 Å². The van der Waals surface area contributed by atoms with E-state index in [4.69, 9.17) is 17.0 Å². The molecule has 2 N–H and O–H groups in total. The number of hydrogen-bond donors (Lipinski definition) is 2. The molecule has 7 nitrogen and oxygen atoms in total. The van der Waals surface area contributed by atoms with Crippen LogP contribution in [0.4, 0.5) is 0 Å². The van der Waals surface area contributed by atoms with Gasteiger partial charge in [0.25, 0.3) is 5.91 Å². The van der Waals surface area contributed by atoms with Crippen LogP contribution in [0.2, 0.25) is 0 Å². The van der Waals surface area contributed by atoms with Crippen LogP contribution in [-0.4, -0.2) is 31.6 Å². The molecular weight excluding hydrogens is 406 g/mol. The molecule has 0 saturated heterocycles. The molecule has 0 radical (unpaired) electrons. The van der Waals surface area contributed by atoms with E-state index in [-0.39, 0.29) is 11.0 Å². The summed E-state index contributed by atoms with van der Waals surface area (Å²) >= 11 is 6.79. The van der Waals surface area contributed by atoms with Gasteiger partial charge in [-0.05, 0) is 48.7 Å². The Balaban J connectivity index is 1.60. The molecule has 2 aromatic carbocycles. The highest BCUT2D eigenvalue weighted by atomic mass is 32.2. The molecule has 1 heterocycles. The molecule has 3 aromatic rings. The lowest BCUT2D eigenvalue weighted by Crippen LogP contribution is -2.38. The second-order valence-electron chi connectivity index (χ2n) is 6.00. The van der Waals surface area contributed by atoms with Crippen molar-refractivity contribution in [1.29, 1.82) is 0 Å². The summed E-state index contributed by atoms with van der Waals surface area (Å²) in [6, 6.07) is 16.8. The Morgan fingerprint density at radius 2 is 1.97 bits per heavy atom. The summed E-state index contributed by atoms with van der Waals surface area (Å²) in [5.74, 6) is 1.77. The Kier molecular flexibility index (Phi) is 7.20. The van der Waals surface area contributed by atoms with E-state index in [0.29, 0.717) is 28.9 Å². The summed E-state index contributed by atoms with van der Waals surface area (Å²) in [6.07, 6.45) is 0. The molecule has 0 aliphatic heterocycles. The topological polar surface area (TPSA) is 81.1 Å². The Labute approximate surface area is 178 Å². The Hall–Kier alpha value is -2.91. The fourth-order valence-electron chi connectivity index (χ4n) is 2.47. The van der Waals surface area contributed by atoms with Gasteiger partial charge in [0.2, 0.25) is 5.16 Å². The summed E-state index contributed by atoms with van der Waals surface area (Å²) in [6.45, 7) is 4.25. The predicted molar refractivity (Wildman–Crippen MR) is 118 cm³/mol. The van der Waals surface area contributed by atoms with Crippen molar-refractivity contribution in [2.45, 2.75) is 25.6 Å². The average molecular weight is 428 g/mol. The van der Waals surface area contributed by atoms with Gasteiger partial charge in [-0.1, -0.05) is 55.1 Å². The number of ether oxygens (including phenoxy) is 1. The molecule has 0 aliphatic rings. The molecule has 150 valence electrons. The average Bonchev–Trinajstić information content (AvgIpc) is 3.07. The molecule has 0 fully saturated rings. The Morgan fingerprint density at radius 3 is 2.72 bits per heavy atom. The number of nitrogens with zero attached hydrogens (tertiary/aromatic N) is 3. The normalized spacial score (nSPS) is 10.4. The molecule has 29 heavy (non-hydrogen) atoms. The van der Waals surface area contributed by atoms with Crippen LogP contribution in [0, 0.1) is 6.92 Å². The standard InChI is InChI=1S/C20H21N5O2S2/c1-3-29-20-23-22-14(2)25(20)24-19(28)21-18(26)16-10-7-11-17(12-16)27-13-15-8-5-4-6-9-15/h4-12H,3,13H2,1-2H3,(H2,21,24,26,28). The monoisotopic (exact) mass is 427 g/mol. The third-order valence-corrected chi connectivity index (χ3v) is 4.86. The first-order valence-corrected chi connectivity index (χ1v) is 10.4. The van der Waals surface area contributed by atoms with Gasteiger partial charge < -0.3 is 4.74 Å². The van der Waals surface area contributed by atoms with Gasteiger partial charge >= 0.3 is 0 Å². The summed E-state index contributed by atoms with van der Waals surface area (Å²) in [5, 5.41) is 11.6. The van der Waals surface area contributed by atoms with E-state index in [0.717, 1.165) is 11.3 Å². The van der Waals surface area contributed by atoms with Crippen molar-refractivity contribution in [3.63, 3.8) is 0 Å². The fraction of sp³-hybridized carbons (Fsp3) is 0.200. The van der Waals surface area contributed by atoms with Crippen LogP contribution in [0.3, 0.4) is 0 Å². The second-order valence-corrected chi connectivity index (χ2v) is 7.63. The van der Waals surface area contributed by atoms with Crippen molar-refractivity contribution < 1.29 is 9.53 Å². The number of carbonyl (C=O) groups is 1. The van der Waals surface area contributed by atoms with Crippen molar-refractivity contribution in [2.24, 2.45) is 0 Å². The van der Waals surface area contributed by atoms with Crippen LogP contribution in [0.5, 0.6) is 5.75 Å². The lowest BCUT2D eigenvalue weighted by molar-refractivity contribution is 0.0977. The highest BCUT2D eigenvalue weighted by Gasteiger charge is 2.13. The smallest absolute Gasteiger partial charge is 0.257 e. The number of nitrogens with one attached hydrogen (secondary N) is 2. The third kappa shape index (κ3) is 5.78. The lowest BCUT2D eigenvalue weighted by Gasteiger charge is -2.13. The van der Waals surface area contributed by atoms with Crippen LogP contribution < -0.4 is 15.5 Å². The van der Waals surface area contributed by atoms with Crippen LogP contribution in [0.1, 0.15) is 28.7 Å². The van der Waals surface area contributed by atoms with E-state index < -0.39 is 0 Å². The molecule has 0 aliphatic carbocycles. The van der Waals surface area contributed by atoms with E-state index in [1.165, 1.54) is 11.8 Å². The van der Waals surface area contributed by atoms with Crippen LogP contribution in [-0.2, 0) is 6.61 Å². The van der Waals surface area contributed by atoms with Gasteiger partial charge in [-0.3, -0.25) is 15.5 Å². The van der Waals surface area contributed by atoms with Crippen LogP contribution in [0.25, 0.3) is 0 Å². The van der Waals surface area contributed by atoms with Gasteiger partial charge in [0, 0.05) is 5.56 Å². The maximum absolute atomic E-state index is 12.6. The molecule has 1 aromatic heterocycles. The highest BCUT2D eigenvalue weighted by molar-refractivity contribution is 7.99. The zero-order chi connectivity index (χ0) is 20.6. The number of aromatic nitrogens is 3. The van der Waals surface area contributed by atoms with Crippen molar-refractivity contribution in [1.82, 2.24) is 20.2 Å². The fourth-order valence-corrected chi connectivity index (χ4v) is 3.31. The van der Waals surface area contributed by atoms with E-state index >= 15 is 0 Å². The third-order valence-electron chi connectivity index (χ3n) is 3.85. The van der Waals surface area contributed by atoms with Gasteiger partial charge in [-0.2, -0.15) is 0 Å². The van der Waals surface area contributed by atoms with Gasteiger partial charge in [0.15, 0.2) is 5.11 Å². The molecule has 0 bridgehead atoms. The van der Waals surface area contributed by atoms with Gasteiger partial charge in [0.05, 0.1) is 0 Å². The number of amides is 1. The number of thiocarbonyl (C=S) groups is 1. The number of hydrogen-bond acceptors (Lipinski definition) is 6. The molecule has 0 unspecified atom stereocenters. The number of aryl methyl sites for hydroxylation is 1. The van der Waals surface area contributed by atoms with Crippen LogP contribution >= 0.6 is 24.0 Å². The molecule has 1 amide bonds. The first-order valence-electron chi connectivity index (χ1n) is 9.00. The maximum atomic E-state index is 12.6. The maximum Gasteiger partial charge on any atom is 0.257 e. The summed E-state index contributed by atoms with van der Waals surface area (Å²) in [7, 11) is 0. The number of benzene rings is 2. The summed E-state index contributed by atoms with van der Waals surface area (Å²) in [4.78, 5) is 12.6. The molecule has 0 atom stereocenters. The minimum absolute atomic E-state index is 0.159. The van der Waals surface area contributed by atoms with Crippen molar-refractivity contribution in [3.05, 3.63) is 71.5 Å². The first-order chi connectivity index (χ1) is 14.1. The van der Waals surface area contributed by atoms with E-state index in [1.54, 1.807) is 29.8 Å². The van der Waals surface area contributed by atoms with Crippen molar-refractivity contribution >= 4 is 35.0 Å². The zero-order valence-electron chi connectivity index (χ0n) is 16.1. The quantitative estimate of drug-likeness (QED) is 0.441. The molecule has 9 heteroatoms. The summed E-state index contributed by atoms with van der Waals surface area (Å²) < 4.78 is 7.43. The Bertz CT molecular complexity index is 992. The Morgan fingerprint density at radius 1 is 1.17 bits per heavy atom. The highest BCUT2D eigenvalue weighted by Crippen LogP contribution is 2.16. The number of rotatable bonds is 7. The van der Waals surface area contributed by atoms with Crippen molar-refractivity contribution in [3.8, 4) is 5.75 Å². The zero-order valence-corrected chi connectivity index (χ0v) is 17.7. The molecular formula is C20H21N5O2S2. The van der Waals surface area contributed by atoms with E-state index in [2.05, 4.69) is 20.9 Å². The minimum Gasteiger partial charge on any atom is -0.489 e. The van der Waals surface area contributed by atoms with E-state index in [1.807, 2.05) is 43.3 Å². The largest absolute Gasteiger partial charge is 0.489 e. The van der Waals surface area contributed by atoms with Gasteiger partial charge in [0.1, 0.15) is 18.2 Å². The minimum atomic E-state index is -0.330. The predicted octanol–water partition coefficient (Wildman–Crippen LogP) is 3.54. The van der Waals surface area contributed by atoms with Crippen molar-refractivity contribution in [2.75, 3.05) is 11.2 Å². The molecule has 0 spiro atoms. The molecule has 0 saturated carbocycles. The first kappa shape index (κ1) is 20.8. The lowest BCUT2D eigenvalue weighted by atomic mass is 10.2. The number of thioether (sulfide) groups is 1. The SMILES string of the molecule is CCSc1nnc(C)n1NC(=S)NC(=O)c1cccc(OCc2ccccc2)c1. The molecule has 3 rings (SSSR count). The van der Waals surface area contributed by atoms with Crippen LogP contribution in [0.15, 0.2) is 59.8 Å². The second kappa shape index (κ2) is 10.0. The summed E-state index contributed by atoms with van der Waals surface area (Å²) in [5.41, 5.74) is 4.45. The number of carbonyl (C=O) groups excluding carboxylic acids is 1. The van der Waals surface area contributed by atoms with Gasteiger partial charge in [-0.25, -0.2) is 4.68 Å². The van der Waals surface area contributed by atoms with E-state index in [9.17, 15) is 4.79 Å².